The molecule has 3 atom stereocenters. The maximum absolute atomic E-state index is 12.2. The number of aromatic nitrogens is 2. The Morgan fingerprint density at radius 2 is 2.12 bits per heavy atom. The topological polar surface area (TPSA) is 74.8 Å². The van der Waals surface area contributed by atoms with Crippen molar-refractivity contribution in [3.8, 4) is 0 Å². The average molecular weight is 257 g/mol. The van der Waals surface area contributed by atoms with Gasteiger partial charge in [0.15, 0.2) is 0 Å². The fourth-order valence-electron chi connectivity index (χ4n) is 2.40. The van der Waals surface area contributed by atoms with E-state index in [1.54, 1.807) is 6.92 Å². The summed E-state index contributed by atoms with van der Waals surface area (Å²) in [5, 5.41) is 6.40. The van der Waals surface area contributed by atoms with Gasteiger partial charge < -0.3 is 0 Å². The number of hydrogen-bond acceptors (Lipinski definition) is 3. The third-order valence-electron chi connectivity index (χ3n) is 3.84. The fourth-order valence-corrected chi connectivity index (χ4v) is 3.90. The fraction of sp³-hybridized carbons (Fsp3) is 0.727. The first kappa shape index (κ1) is 12.6. The Labute approximate surface area is 102 Å². The number of nitrogens with zero attached hydrogens (tertiary/aromatic N) is 1. The SMILES string of the molecule is Cc1[nH]ncc1S(=O)(=O)NC1CCC(C)C1C. The van der Waals surface area contributed by atoms with E-state index in [1.165, 1.54) is 6.20 Å². The van der Waals surface area contributed by atoms with E-state index in [-0.39, 0.29) is 10.9 Å². The van der Waals surface area contributed by atoms with Crippen LogP contribution in [0, 0.1) is 18.8 Å². The molecule has 1 aliphatic rings. The molecule has 1 aromatic rings. The molecule has 0 spiro atoms. The molecule has 0 bridgehead atoms. The van der Waals surface area contributed by atoms with Gasteiger partial charge in [0.05, 0.1) is 11.9 Å². The van der Waals surface area contributed by atoms with Crippen molar-refractivity contribution in [3.05, 3.63) is 11.9 Å². The second-order valence-electron chi connectivity index (χ2n) is 5.00. The van der Waals surface area contributed by atoms with Gasteiger partial charge in [-0.15, -0.1) is 0 Å². The third-order valence-corrected chi connectivity index (χ3v) is 5.45. The lowest BCUT2D eigenvalue weighted by Gasteiger charge is -2.19. The predicted octanol–water partition coefficient (Wildman–Crippen LogP) is 1.43. The van der Waals surface area contributed by atoms with Crippen LogP contribution < -0.4 is 4.72 Å². The highest BCUT2D eigenvalue weighted by atomic mass is 32.2. The number of aryl methyl sites for hydroxylation is 1. The van der Waals surface area contributed by atoms with Gasteiger partial charge in [-0.25, -0.2) is 13.1 Å². The van der Waals surface area contributed by atoms with Crippen molar-refractivity contribution in [2.24, 2.45) is 11.8 Å². The number of nitrogens with one attached hydrogen (secondary N) is 2. The smallest absolute Gasteiger partial charge is 0.244 e. The summed E-state index contributed by atoms with van der Waals surface area (Å²) in [6.45, 7) is 5.98. The van der Waals surface area contributed by atoms with Crippen LogP contribution in [0.25, 0.3) is 0 Å². The summed E-state index contributed by atoms with van der Waals surface area (Å²) in [4.78, 5) is 0.254. The van der Waals surface area contributed by atoms with E-state index >= 15 is 0 Å². The molecule has 2 rings (SSSR count). The molecule has 0 saturated heterocycles. The molecule has 1 heterocycles. The highest BCUT2D eigenvalue weighted by Gasteiger charge is 2.33. The van der Waals surface area contributed by atoms with E-state index in [9.17, 15) is 8.42 Å². The third kappa shape index (κ3) is 2.37. The summed E-state index contributed by atoms with van der Waals surface area (Å²) in [6, 6.07) is 0.0456. The van der Waals surface area contributed by atoms with E-state index in [1.807, 2.05) is 0 Å². The molecular formula is C11H19N3O2S. The first-order valence-electron chi connectivity index (χ1n) is 5.94. The molecule has 96 valence electrons. The molecule has 6 heteroatoms. The lowest BCUT2D eigenvalue weighted by Crippen LogP contribution is -2.37. The number of rotatable bonds is 3. The lowest BCUT2D eigenvalue weighted by atomic mass is 9.98. The van der Waals surface area contributed by atoms with E-state index in [0.717, 1.165) is 12.8 Å². The van der Waals surface area contributed by atoms with Crippen molar-refractivity contribution in [2.45, 2.75) is 44.6 Å². The molecule has 0 aromatic carbocycles. The number of aromatic amines is 1. The van der Waals surface area contributed by atoms with Crippen molar-refractivity contribution in [2.75, 3.05) is 0 Å². The molecule has 2 N–H and O–H groups in total. The maximum Gasteiger partial charge on any atom is 0.244 e. The molecular weight excluding hydrogens is 238 g/mol. The summed E-state index contributed by atoms with van der Waals surface area (Å²) >= 11 is 0. The van der Waals surface area contributed by atoms with Gasteiger partial charge in [0, 0.05) is 6.04 Å². The van der Waals surface area contributed by atoms with E-state index in [2.05, 4.69) is 28.8 Å². The van der Waals surface area contributed by atoms with E-state index < -0.39 is 10.0 Å². The summed E-state index contributed by atoms with van der Waals surface area (Å²) in [5.41, 5.74) is 0.580. The Morgan fingerprint density at radius 1 is 1.41 bits per heavy atom. The Morgan fingerprint density at radius 3 is 2.59 bits per heavy atom. The monoisotopic (exact) mass is 257 g/mol. The normalized spacial score (nSPS) is 29.7. The zero-order valence-corrected chi connectivity index (χ0v) is 11.2. The molecule has 1 fully saturated rings. The lowest BCUT2D eigenvalue weighted by molar-refractivity contribution is 0.402. The van der Waals surface area contributed by atoms with Crippen LogP contribution in [0.2, 0.25) is 0 Å². The van der Waals surface area contributed by atoms with Crippen LogP contribution in [0.3, 0.4) is 0 Å². The Balaban J connectivity index is 2.17. The average Bonchev–Trinajstić information content (AvgIpc) is 2.80. The van der Waals surface area contributed by atoms with Gasteiger partial charge in [-0.2, -0.15) is 5.10 Å². The largest absolute Gasteiger partial charge is 0.281 e. The molecule has 3 unspecified atom stereocenters. The van der Waals surface area contributed by atoms with Crippen molar-refractivity contribution in [3.63, 3.8) is 0 Å². The summed E-state index contributed by atoms with van der Waals surface area (Å²) < 4.78 is 27.1. The van der Waals surface area contributed by atoms with Gasteiger partial charge in [-0.1, -0.05) is 13.8 Å². The standard InChI is InChI=1S/C11H19N3O2S/c1-7-4-5-10(8(7)2)14-17(15,16)11-6-12-13-9(11)3/h6-8,10,14H,4-5H2,1-3H3,(H,12,13). The van der Waals surface area contributed by atoms with Crippen molar-refractivity contribution in [1.82, 2.24) is 14.9 Å². The second kappa shape index (κ2) is 4.42. The molecule has 0 amide bonds. The van der Waals surface area contributed by atoms with Crippen LogP contribution in [0.4, 0.5) is 0 Å². The Hall–Kier alpha value is -0.880. The summed E-state index contributed by atoms with van der Waals surface area (Å²) in [5.74, 6) is 0.963. The highest BCUT2D eigenvalue weighted by molar-refractivity contribution is 7.89. The maximum atomic E-state index is 12.2. The van der Waals surface area contributed by atoms with Crippen molar-refractivity contribution >= 4 is 10.0 Å². The molecule has 0 radical (unpaired) electrons. The summed E-state index contributed by atoms with van der Waals surface area (Å²) in [6.07, 6.45) is 3.36. The van der Waals surface area contributed by atoms with Gasteiger partial charge in [0.25, 0.3) is 0 Å². The minimum absolute atomic E-state index is 0.0456. The van der Waals surface area contributed by atoms with E-state index in [0.29, 0.717) is 17.5 Å². The van der Waals surface area contributed by atoms with Gasteiger partial charge >= 0.3 is 0 Å². The Bertz CT molecular complexity index is 495. The highest BCUT2D eigenvalue weighted by Crippen LogP contribution is 2.32. The number of H-pyrrole nitrogens is 1. The van der Waals surface area contributed by atoms with Crippen LogP contribution in [0.5, 0.6) is 0 Å². The van der Waals surface area contributed by atoms with Crippen LogP contribution in [-0.2, 0) is 10.0 Å². The molecule has 1 saturated carbocycles. The van der Waals surface area contributed by atoms with Gasteiger partial charge in [0.2, 0.25) is 10.0 Å². The van der Waals surface area contributed by atoms with Crippen LogP contribution >= 0.6 is 0 Å². The molecule has 1 aliphatic carbocycles. The molecule has 5 nitrogen and oxygen atoms in total. The summed E-state index contributed by atoms with van der Waals surface area (Å²) in [7, 11) is -3.43. The quantitative estimate of drug-likeness (QED) is 0.860. The van der Waals surface area contributed by atoms with Gasteiger partial charge in [-0.05, 0) is 31.6 Å². The van der Waals surface area contributed by atoms with Crippen molar-refractivity contribution in [1.29, 1.82) is 0 Å². The predicted molar refractivity (Wildman–Crippen MR) is 65.0 cm³/mol. The zero-order chi connectivity index (χ0) is 12.6. The first-order valence-corrected chi connectivity index (χ1v) is 7.42. The van der Waals surface area contributed by atoms with Crippen LogP contribution in [0.1, 0.15) is 32.4 Å². The van der Waals surface area contributed by atoms with Crippen LogP contribution in [0.15, 0.2) is 11.1 Å². The molecule has 0 aliphatic heterocycles. The molecule has 1 aromatic heterocycles. The van der Waals surface area contributed by atoms with E-state index in [4.69, 9.17) is 0 Å². The minimum Gasteiger partial charge on any atom is -0.281 e. The zero-order valence-electron chi connectivity index (χ0n) is 10.4. The number of sulfonamides is 1. The van der Waals surface area contributed by atoms with Crippen molar-refractivity contribution < 1.29 is 8.42 Å². The van der Waals surface area contributed by atoms with Gasteiger partial charge in [0.1, 0.15) is 4.90 Å². The van der Waals surface area contributed by atoms with Crippen LogP contribution in [-0.4, -0.2) is 24.7 Å². The number of hydrogen-bond donors (Lipinski definition) is 2. The second-order valence-corrected chi connectivity index (χ2v) is 6.68. The minimum atomic E-state index is -3.43. The Kier molecular flexibility index (Phi) is 3.27. The molecule has 17 heavy (non-hydrogen) atoms. The first-order chi connectivity index (χ1) is 7.92. The van der Waals surface area contributed by atoms with Gasteiger partial charge in [-0.3, -0.25) is 5.10 Å².